The second-order valence-electron chi connectivity index (χ2n) is 5.52. The van der Waals surface area contributed by atoms with Crippen molar-refractivity contribution in [1.29, 1.82) is 0 Å². The number of hydrogen-bond donors (Lipinski definition) is 3. The van der Waals surface area contributed by atoms with Crippen molar-refractivity contribution >= 4 is 16.9 Å². The Morgan fingerprint density at radius 1 is 1.38 bits per heavy atom. The normalized spacial score (nSPS) is 12.3. The third-order valence-corrected chi connectivity index (χ3v) is 3.67. The molecule has 0 aliphatic heterocycles. The van der Waals surface area contributed by atoms with Crippen LogP contribution >= 0.6 is 0 Å². The molecule has 0 aliphatic rings. The molecular weight excluding hydrogens is 264 g/mol. The lowest BCUT2D eigenvalue weighted by molar-refractivity contribution is -0.139. The molecular formula is C17H22N2O2. The standard InChI is InChI=1S/C17H22N2O2/c1-11(2)7-8-12-5-4-6-14-16(12)13(10-19-14)9-15(18-3)17(20)21/h4-7,10,15,18-19H,8-9H2,1-3H3,(H,20,21)/t15-/m1/s1. The topological polar surface area (TPSA) is 65.1 Å². The predicted octanol–water partition coefficient (Wildman–Crippen LogP) is 2.89. The summed E-state index contributed by atoms with van der Waals surface area (Å²) in [6.45, 7) is 4.17. The fourth-order valence-electron chi connectivity index (χ4n) is 2.51. The third-order valence-electron chi connectivity index (χ3n) is 3.67. The van der Waals surface area contributed by atoms with Gasteiger partial charge < -0.3 is 15.4 Å². The van der Waals surface area contributed by atoms with Crippen molar-refractivity contribution in [3.05, 3.63) is 47.2 Å². The minimum absolute atomic E-state index is 0.470. The zero-order valence-corrected chi connectivity index (χ0v) is 12.7. The van der Waals surface area contributed by atoms with Crippen LogP contribution in [0.3, 0.4) is 0 Å². The Morgan fingerprint density at radius 2 is 2.14 bits per heavy atom. The molecule has 21 heavy (non-hydrogen) atoms. The van der Waals surface area contributed by atoms with Crippen molar-refractivity contribution in [1.82, 2.24) is 10.3 Å². The van der Waals surface area contributed by atoms with Gasteiger partial charge in [0.25, 0.3) is 0 Å². The quantitative estimate of drug-likeness (QED) is 0.715. The minimum atomic E-state index is -0.825. The average molecular weight is 286 g/mol. The zero-order valence-electron chi connectivity index (χ0n) is 12.7. The number of fused-ring (bicyclic) bond motifs is 1. The summed E-state index contributed by atoms with van der Waals surface area (Å²) in [5.41, 5.74) is 4.61. The molecule has 0 aliphatic carbocycles. The van der Waals surface area contributed by atoms with Crippen molar-refractivity contribution in [3.63, 3.8) is 0 Å². The molecule has 0 amide bonds. The second-order valence-corrected chi connectivity index (χ2v) is 5.52. The van der Waals surface area contributed by atoms with Crippen molar-refractivity contribution in [2.45, 2.75) is 32.7 Å². The van der Waals surface area contributed by atoms with Crippen LogP contribution in [0.1, 0.15) is 25.0 Å². The van der Waals surface area contributed by atoms with E-state index in [1.165, 1.54) is 11.1 Å². The van der Waals surface area contributed by atoms with Crippen LogP contribution in [0.2, 0.25) is 0 Å². The van der Waals surface area contributed by atoms with Gasteiger partial charge in [-0.25, -0.2) is 0 Å². The molecule has 0 spiro atoms. The lowest BCUT2D eigenvalue weighted by Gasteiger charge is -2.11. The number of carbonyl (C=O) groups is 1. The number of H-pyrrole nitrogens is 1. The Labute approximate surface area is 124 Å². The molecule has 1 atom stereocenters. The maximum absolute atomic E-state index is 11.2. The van der Waals surface area contributed by atoms with E-state index in [2.05, 4.69) is 36.3 Å². The fraction of sp³-hybridized carbons (Fsp3) is 0.353. The number of benzene rings is 1. The van der Waals surface area contributed by atoms with Gasteiger partial charge in [-0.15, -0.1) is 0 Å². The van der Waals surface area contributed by atoms with Crippen LogP contribution in [-0.4, -0.2) is 29.1 Å². The van der Waals surface area contributed by atoms with E-state index < -0.39 is 12.0 Å². The first-order valence-electron chi connectivity index (χ1n) is 7.14. The summed E-state index contributed by atoms with van der Waals surface area (Å²) in [7, 11) is 1.68. The van der Waals surface area contributed by atoms with E-state index in [0.717, 1.165) is 22.9 Å². The maximum atomic E-state index is 11.2. The van der Waals surface area contributed by atoms with Gasteiger partial charge in [0.15, 0.2) is 0 Å². The molecule has 2 rings (SSSR count). The fourth-order valence-corrected chi connectivity index (χ4v) is 2.51. The van der Waals surface area contributed by atoms with Gasteiger partial charge in [-0.05, 0) is 44.5 Å². The molecule has 2 aromatic rings. The van der Waals surface area contributed by atoms with Crippen LogP contribution in [0.25, 0.3) is 10.9 Å². The van der Waals surface area contributed by atoms with Crippen LogP contribution in [0, 0.1) is 0 Å². The van der Waals surface area contributed by atoms with E-state index in [0.29, 0.717) is 6.42 Å². The van der Waals surface area contributed by atoms with Gasteiger partial charge >= 0.3 is 5.97 Å². The highest BCUT2D eigenvalue weighted by Gasteiger charge is 2.18. The third kappa shape index (κ3) is 3.52. The number of aromatic nitrogens is 1. The summed E-state index contributed by atoms with van der Waals surface area (Å²) in [4.78, 5) is 14.5. The Kier molecular flexibility index (Phi) is 4.81. The van der Waals surface area contributed by atoms with Gasteiger partial charge in [-0.2, -0.15) is 0 Å². The van der Waals surface area contributed by atoms with Crippen LogP contribution < -0.4 is 5.32 Å². The van der Waals surface area contributed by atoms with Crippen LogP contribution in [0.4, 0.5) is 0 Å². The molecule has 1 aromatic heterocycles. The Morgan fingerprint density at radius 3 is 2.76 bits per heavy atom. The minimum Gasteiger partial charge on any atom is -0.480 e. The Hall–Kier alpha value is -2.07. The van der Waals surface area contributed by atoms with E-state index in [1.54, 1.807) is 7.05 Å². The molecule has 1 heterocycles. The van der Waals surface area contributed by atoms with Crippen molar-refractivity contribution in [2.24, 2.45) is 0 Å². The van der Waals surface area contributed by atoms with Crippen LogP contribution in [0.15, 0.2) is 36.0 Å². The van der Waals surface area contributed by atoms with E-state index in [-0.39, 0.29) is 0 Å². The highest BCUT2D eigenvalue weighted by atomic mass is 16.4. The lowest BCUT2D eigenvalue weighted by atomic mass is 9.99. The summed E-state index contributed by atoms with van der Waals surface area (Å²) in [5.74, 6) is -0.825. The van der Waals surface area contributed by atoms with Crippen molar-refractivity contribution in [3.8, 4) is 0 Å². The smallest absolute Gasteiger partial charge is 0.321 e. The van der Waals surface area contributed by atoms with Crippen LogP contribution in [0.5, 0.6) is 0 Å². The van der Waals surface area contributed by atoms with E-state index in [4.69, 9.17) is 0 Å². The number of carboxylic acid groups (broad SMARTS) is 1. The van der Waals surface area contributed by atoms with Gasteiger partial charge in [0, 0.05) is 23.5 Å². The summed E-state index contributed by atoms with van der Waals surface area (Å²) in [6, 6.07) is 5.60. The summed E-state index contributed by atoms with van der Waals surface area (Å²) in [5, 5.41) is 13.2. The predicted molar refractivity (Wildman–Crippen MR) is 85.6 cm³/mol. The van der Waals surface area contributed by atoms with Crippen molar-refractivity contribution < 1.29 is 9.90 Å². The molecule has 4 heteroatoms. The first-order valence-corrected chi connectivity index (χ1v) is 7.14. The number of allylic oxidation sites excluding steroid dienone is 2. The van der Waals surface area contributed by atoms with Gasteiger partial charge in [0.2, 0.25) is 0 Å². The highest BCUT2D eigenvalue weighted by molar-refractivity contribution is 5.87. The summed E-state index contributed by atoms with van der Waals surface area (Å²) < 4.78 is 0. The van der Waals surface area contributed by atoms with Crippen molar-refractivity contribution in [2.75, 3.05) is 7.05 Å². The number of likely N-dealkylation sites (N-methyl/N-ethyl adjacent to an activating group) is 1. The first-order chi connectivity index (χ1) is 10.0. The van der Waals surface area contributed by atoms with Gasteiger partial charge in [-0.3, -0.25) is 4.79 Å². The number of aromatic amines is 1. The van der Waals surface area contributed by atoms with Crippen LogP contribution in [-0.2, 0) is 17.6 Å². The lowest BCUT2D eigenvalue weighted by Crippen LogP contribution is -2.35. The molecule has 3 N–H and O–H groups in total. The molecule has 112 valence electrons. The van der Waals surface area contributed by atoms with E-state index in [1.807, 2.05) is 18.3 Å². The van der Waals surface area contributed by atoms with Gasteiger partial charge in [-0.1, -0.05) is 23.8 Å². The molecule has 0 fully saturated rings. The Balaban J connectivity index is 2.40. The molecule has 0 unspecified atom stereocenters. The van der Waals surface area contributed by atoms with Gasteiger partial charge in [0.05, 0.1) is 0 Å². The number of nitrogens with one attached hydrogen (secondary N) is 2. The number of carboxylic acids is 1. The molecule has 0 saturated heterocycles. The first kappa shape index (κ1) is 15.3. The van der Waals surface area contributed by atoms with Gasteiger partial charge in [0.1, 0.15) is 6.04 Å². The number of hydrogen-bond acceptors (Lipinski definition) is 2. The second kappa shape index (κ2) is 6.59. The average Bonchev–Trinajstić information content (AvgIpc) is 2.85. The monoisotopic (exact) mass is 286 g/mol. The molecule has 0 saturated carbocycles. The number of aliphatic carboxylic acids is 1. The summed E-state index contributed by atoms with van der Waals surface area (Å²) in [6.07, 6.45) is 5.45. The molecule has 4 nitrogen and oxygen atoms in total. The highest BCUT2D eigenvalue weighted by Crippen LogP contribution is 2.24. The Bertz CT molecular complexity index is 666. The largest absolute Gasteiger partial charge is 0.480 e. The number of rotatable bonds is 6. The maximum Gasteiger partial charge on any atom is 0.321 e. The molecule has 0 radical (unpaired) electrons. The molecule has 0 bridgehead atoms. The molecule has 1 aromatic carbocycles. The zero-order chi connectivity index (χ0) is 15.4. The SMILES string of the molecule is CN[C@H](Cc1c[nH]c2cccc(CC=C(C)C)c12)C(=O)O. The van der Waals surface area contributed by atoms with E-state index in [9.17, 15) is 9.90 Å². The summed E-state index contributed by atoms with van der Waals surface area (Å²) >= 11 is 0. The van der Waals surface area contributed by atoms with E-state index >= 15 is 0 Å².